The fraction of sp³-hybridized carbons (Fsp3) is 0.440. The van der Waals surface area contributed by atoms with Gasteiger partial charge in [0.25, 0.3) is 5.56 Å². The van der Waals surface area contributed by atoms with Crippen LogP contribution in [0, 0.1) is 5.92 Å². The van der Waals surface area contributed by atoms with E-state index in [9.17, 15) is 19.2 Å². The standard InChI is InChI=1S/C25H27N3O6/c1-33-25(32)23-19-6-7-27(24(31)17-12-21(29)26-14-17)8-9-28(19)22(30)13-20(23)34-18-10-15-4-2-3-5-16(15)11-18/h2-5,13,17-18H,6-12,14H2,1H3,(H,26,29)/t17-/m0/s1. The molecule has 9 nitrogen and oxygen atoms in total. The van der Waals surface area contributed by atoms with Crippen LogP contribution >= 0.6 is 0 Å². The highest BCUT2D eigenvalue weighted by Gasteiger charge is 2.34. The number of pyridine rings is 1. The van der Waals surface area contributed by atoms with Crippen molar-refractivity contribution in [3.8, 4) is 5.75 Å². The molecule has 1 aromatic carbocycles. The van der Waals surface area contributed by atoms with Crippen molar-refractivity contribution in [3.05, 3.63) is 63.1 Å². The van der Waals surface area contributed by atoms with Crippen molar-refractivity contribution >= 4 is 17.8 Å². The van der Waals surface area contributed by atoms with Gasteiger partial charge in [0, 0.05) is 63.6 Å². The molecule has 2 aliphatic heterocycles. The normalized spacial score (nSPS) is 19.7. The Morgan fingerprint density at radius 2 is 1.76 bits per heavy atom. The second-order valence-corrected chi connectivity index (χ2v) is 9.01. The first kappa shape index (κ1) is 22.2. The molecule has 2 aromatic rings. The average Bonchev–Trinajstić information content (AvgIpc) is 3.37. The Hall–Kier alpha value is -3.62. The fourth-order valence-electron chi connectivity index (χ4n) is 5.20. The molecule has 1 atom stereocenters. The van der Waals surface area contributed by atoms with Crippen molar-refractivity contribution in [1.82, 2.24) is 14.8 Å². The number of hydrogen-bond donors (Lipinski definition) is 1. The number of hydrogen-bond acceptors (Lipinski definition) is 6. The number of methoxy groups -OCH3 is 1. The zero-order valence-electron chi connectivity index (χ0n) is 19.0. The summed E-state index contributed by atoms with van der Waals surface area (Å²) in [7, 11) is 1.30. The SMILES string of the molecule is COC(=O)c1c(OC2Cc3ccccc3C2)cc(=O)n2c1CCN(C(=O)[C@@H]1CNC(=O)C1)CC2. The summed E-state index contributed by atoms with van der Waals surface area (Å²) in [6.07, 6.45) is 1.70. The van der Waals surface area contributed by atoms with Crippen LogP contribution in [-0.4, -0.2) is 60.1 Å². The highest BCUT2D eigenvalue weighted by molar-refractivity contribution is 5.94. The number of benzene rings is 1. The highest BCUT2D eigenvalue weighted by Crippen LogP contribution is 2.30. The first-order chi connectivity index (χ1) is 16.4. The summed E-state index contributed by atoms with van der Waals surface area (Å²) in [5.41, 5.74) is 2.88. The molecule has 34 heavy (non-hydrogen) atoms. The summed E-state index contributed by atoms with van der Waals surface area (Å²) < 4.78 is 12.8. The van der Waals surface area contributed by atoms with Crippen LogP contribution in [0.25, 0.3) is 0 Å². The van der Waals surface area contributed by atoms with Gasteiger partial charge in [0.15, 0.2) is 0 Å². The minimum Gasteiger partial charge on any atom is -0.489 e. The number of carbonyl (C=O) groups excluding carboxylic acids is 3. The molecule has 1 N–H and O–H groups in total. The smallest absolute Gasteiger partial charge is 0.343 e. The van der Waals surface area contributed by atoms with Crippen molar-refractivity contribution in [2.75, 3.05) is 26.7 Å². The summed E-state index contributed by atoms with van der Waals surface area (Å²) in [5.74, 6) is -0.977. The number of nitrogens with zero attached hydrogens (tertiary/aromatic N) is 2. The Morgan fingerprint density at radius 3 is 2.41 bits per heavy atom. The van der Waals surface area contributed by atoms with Gasteiger partial charge in [-0.2, -0.15) is 0 Å². The molecule has 1 saturated heterocycles. The number of carbonyl (C=O) groups is 3. The molecule has 0 unspecified atom stereocenters. The van der Waals surface area contributed by atoms with Crippen LogP contribution in [0.15, 0.2) is 35.1 Å². The van der Waals surface area contributed by atoms with Crippen molar-refractivity contribution in [2.24, 2.45) is 5.92 Å². The van der Waals surface area contributed by atoms with E-state index in [1.165, 1.54) is 28.9 Å². The lowest BCUT2D eigenvalue weighted by Gasteiger charge is -2.22. The Morgan fingerprint density at radius 1 is 1.03 bits per heavy atom. The topological polar surface area (TPSA) is 107 Å². The van der Waals surface area contributed by atoms with E-state index >= 15 is 0 Å². The van der Waals surface area contributed by atoms with E-state index in [1.54, 1.807) is 4.90 Å². The van der Waals surface area contributed by atoms with Gasteiger partial charge in [-0.15, -0.1) is 0 Å². The molecule has 0 radical (unpaired) electrons. The van der Waals surface area contributed by atoms with E-state index in [0.717, 1.165) is 0 Å². The predicted octanol–water partition coefficient (Wildman–Crippen LogP) is 0.702. The molecule has 5 rings (SSSR count). The average molecular weight is 466 g/mol. The lowest BCUT2D eigenvalue weighted by molar-refractivity contribution is -0.135. The molecule has 3 aliphatic rings. The molecule has 0 bridgehead atoms. The minimum atomic E-state index is -0.570. The summed E-state index contributed by atoms with van der Waals surface area (Å²) >= 11 is 0. The van der Waals surface area contributed by atoms with Crippen LogP contribution in [0.2, 0.25) is 0 Å². The van der Waals surface area contributed by atoms with E-state index in [2.05, 4.69) is 17.4 Å². The number of amides is 2. The van der Waals surface area contributed by atoms with Gasteiger partial charge in [0.1, 0.15) is 17.4 Å². The summed E-state index contributed by atoms with van der Waals surface area (Å²) in [5, 5.41) is 2.69. The highest BCUT2D eigenvalue weighted by atomic mass is 16.5. The third kappa shape index (κ3) is 4.06. The molecular weight excluding hydrogens is 438 g/mol. The second kappa shape index (κ2) is 8.96. The van der Waals surface area contributed by atoms with Gasteiger partial charge in [0.2, 0.25) is 11.8 Å². The van der Waals surface area contributed by atoms with E-state index in [0.29, 0.717) is 44.6 Å². The third-order valence-electron chi connectivity index (χ3n) is 6.93. The number of esters is 1. The Bertz CT molecular complexity index is 1190. The quantitative estimate of drug-likeness (QED) is 0.667. The van der Waals surface area contributed by atoms with Crippen LogP contribution in [0.1, 0.15) is 33.6 Å². The number of rotatable bonds is 4. The monoisotopic (exact) mass is 465 g/mol. The second-order valence-electron chi connectivity index (χ2n) is 9.01. The van der Waals surface area contributed by atoms with Gasteiger partial charge in [-0.3, -0.25) is 14.4 Å². The van der Waals surface area contributed by atoms with E-state index in [4.69, 9.17) is 9.47 Å². The molecule has 178 valence electrons. The maximum absolute atomic E-state index is 13.0. The molecule has 9 heteroatoms. The maximum Gasteiger partial charge on any atom is 0.343 e. The molecular formula is C25H27N3O6. The zero-order chi connectivity index (χ0) is 23.8. The number of ether oxygens (including phenoxy) is 2. The molecule has 1 fully saturated rings. The van der Waals surface area contributed by atoms with Gasteiger partial charge < -0.3 is 24.3 Å². The van der Waals surface area contributed by atoms with Crippen LogP contribution < -0.4 is 15.6 Å². The Kier molecular flexibility index (Phi) is 5.85. The molecule has 1 aromatic heterocycles. The van der Waals surface area contributed by atoms with E-state index in [-0.39, 0.29) is 47.8 Å². The first-order valence-corrected chi connectivity index (χ1v) is 11.6. The number of nitrogens with one attached hydrogen (secondary N) is 1. The number of aromatic nitrogens is 1. The molecule has 0 saturated carbocycles. The summed E-state index contributed by atoms with van der Waals surface area (Å²) in [4.78, 5) is 52.0. The Labute approximate surface area is 196 Å². The van der Waals surface area contributed by atoms with Crippen molar-refractivity contribution < 1.29 is 23.9 Å². The van der Waals surface area contributed by atoms with Gasteiger partial charge in [-0.1, -0.05) is 24.3 Å². The summed E-state index contributed by atoms with van der Waals surface area (Å²) in [6.45, 7) is 1.25. The van der Waals surface area contributed by atoms with E-state index in [1.807, 2.05) is 12.1 Å². The van der Waals surface area contributed by atoms with Gasteiger partial charge in [0.05, 0.1) is 13.0 Å². The van der Waals surface area contributed by atoms with Crippen molar-refractivity contribution in [3.63, 3.8) is 0 Å². The predicted molar refractivity (Wildman–Crippen MR) is 122 cm³/mol. The third-order valence-corrected chi connectivity index (χ3v) is 6.93. The van der Waals surface area contributed by atoms with Gasteiger partial charge in [-0.05, 0) is 11.1 Å². The van der Waals surface area contributed by atoms with Crippen LogP contribution in [0.5, 0.6) is 5.75 Å². The zero-order valence-corrected chi connectivity index (χ0v) is 19.0. The maximum atomic E-state index is 13.0. The van der Waals surface area contributed by atoms with Crippen LogP contribution in [0.4, 0.5) is 0 Å². The molecule has 1 aliphatic carbocycles. The van der Waals surface area contributed by atoms with Crippen LogP contribution in [-0.2, 0) is 40.1 Å². The summed E-state index contributed by atoms with van der Waals surface area (Å²) in [6, 6.07) is 9.45. The number of fused-ring (bicyclic) bond motifs is 2. The van der Waals surface area contributed by atoms with Crippen molar-refractivity contribution in [2.45, 2.75) is 38.3 Å². The molecule has 2 amide bonds. The largest absolute Gasteiger partial charge is 0.489 e. The van der Waals surface area contributed by atoms with Crippen molar-refractivity contribution in [1.29, 1.82) is 0 Å². The lowest BCUT2D eigenvalue weighted by atomic mass is 10.1. The van der Waals surface area contributed by atoms with Gasteiger partial charge in [-0.25, -0.2) is 4.79 Å². The molecule has 3 heterocycles. The fourth-order valence-corrected chi connectivity index (χ4v) is 5.20. The van der Waals surface area contributed by atoms with E-state index < -0.39 is 11.9 Å². The first-order valence-electron chi connectivity index (χ1n) is 11.6. The molecule has 0 spiro atoms. The lowest BCUT2D eigenvalue weighted by Crippen LogP contribution is -2.39. The van der Waals surface area contributed by atoms with Gasteiger partial charge >= 0.3 is 5.97 Å². The van der Waals surface area contributed by atoms with Crippen LogP contribution in [0.3, 0.4) is 0 Å². The minimum absolute atomic E-state index is 0.112. The Balaban J connectivity index is 1.42.